The van der Waals surface area contributed by atoms with Crippen molar-refractivity contribution >= 4 is 29.9 Å². The summed E-state index contributed by atoms with van der Waals surface area (Å²) in [7, 11) is 1.85. The van der Waals surface area contributed by atoms with Gasteiger partial charge < -0.3 is 15.0 Å². The van der Waals surface area contributed by atoms with Gasteiger partial charge in [0.2, 0.25) is 0 Å². The first kappa shape index (κ1) is 21.5. The molecule has 7 heteroatoms. The standard InChI is InChI=1S/C20H29N5O.HI/c1-17(16-25-12-6-11-23-25)15-22-20(21-2)24-13-9-19(10-14-24)26-18-7-4-3-5-8-18;/h3-8,11-12,17,19H,9-10,13-16H2,1-2H3,(H,21,22);1H. The Balaban J connectivity index is 0.00000261. The zero-order valence-electron chi connectivity index (χ0n) is 16.1. The van der Waals surface area contributed by atoms with E-state index >= 15 is 0 Å². The Morgan fingerprint density at radius 1 is 1.26 bits per heavy atom. The molecule has 0 saturated carbocycles. The molecule has 1 aromatic carbocycles. The molecule has 2 aromatic rings. The average Bonchev–Trinajstić information content (AvgIpc) is 3.17. The normalized spacial score (nSPS) is 16.5. The molecule has 1 aliphatic heterocycles. The fourth-order valence-corrected chi connectivity index (χ4v) is 3.27. The van der Waals surface area contributed by atoms with Gasteiger partial charge in [-0.25, -0.2) is 0 Å². The Kier molecular flexibility index (Phi) is 8.90. The number of hydrogen-bond donors (Lipinski definition) is 1. The third kappa shape index (κ3) is 6.71. The number of rotatable bonds is 6. The molecule has 1 aliphatic rings. The van der Waals surface area contributed by atoms with Gasteiger partial charge in [-0.15, -0.1) is 24.0 Å². The zero-order valence-corrected chi connectivity index (χ0v) is 18.5. The highest BCUT2D eigenvalue weighted by atomic mass is 127. The van der Waals surface area contributed by atoms with E-state index in [2.05, 4.69) is 27.2 Å². The highest BCUT2D eigenvalue weighted by Crippen LogP contribution is 2.18. The van der Waals surface area contributed by atoms with Gasteiger partial charge in [0, 0.05) is 58.5 Å². The average molecular weight is 483 g/mol. The summed E-state index contributed by atoms with van der Waals surface area (Å²) < 4.78 is 8.05. The maximum Gasteiger partial charge on any atom is 0.193 e. The Morgan fingerprint density at radius 2 is 2.00 bits per heavy atom. The van der Waals surface area contributed by atoms with Gasteiger partial charge in [-0.05, 0) is 24.1 Å². The second-order valence-electron chi connectivity index (χ2n) is 6.88. The smallest absolute Gasteiger partial charge is 0.193 e. The van der Waals surface area contributed by atoms with Gasteiger partial charge in [-0.2, -0.15) is 5.10 Å². The van der Waals surface area contributed by atoms with E-state index in [0.29, 0.717) is 5.92 Å². The minimum absolute atomic E-state index is 0. The van der Waals surface area contributed by atoms with E-state index in [4.69, 9.17) is 4.74 Å². The number of ether oxygens (including phenoxy) is 1. The number of guanidine groups is 1. The summed E-state index contributed by atoms with van der Waals surface area (Å²) in [5.41, 5.74) is 0. The lowest BCUT2D eigenvalue weighted by molar-refractivity contribution is 0.129. The van der Waals surface area contributed by atoms with Crippen LogP contribution < -0.4 is 10.1 Å². The largest absolute Gasteiger partial charge is 0.490 e. The maximum absolute atomic E-state index is 6.08. The van der Waals surface area contributed by atoms with Crippen LogP contribution >= 0.6 is 24.0 Å². The molecule has 0 radical (unpaired) electrons. The van der Waals surface area contributed by atoms with Crippen molar-refractivity contribution in [2.24, 2.45) is 10.9 Å². The van der Waals surface area contributed by atoms with E-state index in [1.807, 2.05) is 60.5 Å². The van der Waals surface area contributed by atoms with Crippen molar-refractivity contribution in [1.29, 1.82) is 0 Å². The van der Waals surface area contributed by atoms with E-state index in [-0.39, 0.29) is 30.1 Å². The van der Waals surface area contributed by atoms with Crippen LogP contribution in [0, 0.1) is 5.92 Å². The summed E-state index contributed by atoms with van der Waals surface area (Å²) in [6.07, 6.45) is 6.13. The molecule has 148 valence electrons. The van der Waals surface area contributed by atoms with E-state index in [0.717, 1.165) is 50.7 Å². The molecule has 27 heavy (non-hydrogen) atoms. The molecule has 2 heterocycles. The number of aromatic nitrogens is 2. The van der Waals surface area contributed by atoms with Crippen LogP contribution in [0.25, 0.3) is 0 Å². The first-order valence-electron chi connectivity index (χ1n) is 9.39. The molecular formula is C20H30IN5O. The molecule has 1 saturated heterocycles. The fraction of sp³-hybridized carbons (Fsp3) is 0.500. The SMILES string of the molecule is CN=C(NCC(C)Cn1cccn1)N1CCC(Oc2ccccc2)CC1.I. The number of halogens is 1. The monoisotopic (exact) mass is 483 g/mol. The van der Waals surface area contributed by atoms with Gasteiger partial charge in [0.15, 0.2) is 5.96 Å². The fourth-order valence-electron chi connectivity index (χ4n) is 3.27. The summed E-state index contributed by atoms with van der Waals surface area (Å²) in [5, 5.41) is 7.78. The second kappa shape index (κ2) is 11.2. The third-order valence-corrected chi connectivity index (χ3v) is 4.67. The summed E-state index contributed by atoms with van der Waals surface area (Å²) >= 11 is 0. The predicted molar refractivity (Wildman–Crippen MR) is 120 cm³/mol. The number of nitrogens with zero attached hydrogens (tertiary/aromatic N) is 4. The molecule has 1 atom stereocenters. The van der Waals surface area contributed by atoms with Crippen molar-refractivity contribution in [2.75, 3.05) is 26.7 Å². The van der Waals surface area contributed by atoms with Crippen LogP contribution in [0.2, 0.25) is 0 Å². The molecule has 1 N–H and O–H groups in total. The molecule has 1 unspecified atom stereocenters. The highest BCUT2D eigenvalue weighted by molar-refractivity contribution is 14.0. The number of para-hydroxylation sites is 1. The molecule has 1 aromatic heterocycles. The van der Waals surface area contributed by atoms with Crippen LogP contribution in [0.15, 0.2) is 53.8 Å². The minimum Gasteiger partial charge on any atom is -0.490 e. The van der Waals surface area contributed by atoms with Crippen molar-refractivity contribution in [2.45, 2.75) is 32.4 Å². The molecule has 3 rings (SSSR count). The molecule has 0 aliphatic carbocycles. The third-order valence-electron chi connectivity index (χ3n) is 4.67. The molecule has 0 bridgehead atoms. The van der Waals surface area contributed by atoms with Crippen LogP contribution in [-0.4, -0.2) is 53.4 Å². The van der Waals surface area contributed by atoms with Crippen molar-refractivity contribution in [3.63, 3.8) is 0 Å². The molecular weight excluding hydrogens is 453 g/mol. The van der Waals surface area contributed by atoms with Gasteiger partial charge in [0.05, 0.1) is 0 Å². The van der Waals surface area contributed by atoms with Crippen molar-refractivity contribution < 1.29 is 4.74 Å². The van der Waals surface area contributed by atoms with Crippen LogP contribution in [0.3, 0.4) is 0 Å². The lowest BCUT2D eigenvalue weighted by atomic mass is 10.1. The van der Waals surface area contributed by atoms with E-state index < -0.39 is 0 Å². The lowest BCUT2D eigenvalue weighted by Crippen LogP contribution is -2.48. The van der Waals surface area contributed by atoms with Crippen molar-refractivity contribution in [3.05, 3.63) is 48.8 Å². The molecule has 1 fully saturated rings. The van der Waals surface area contributed by atoms with Gasteiger partial charge >= 0.3 is 0 Å². The Labute approximate surface area is 179 Å². The Hall–Kier alpha value is -1.77. The summed E-state index contributed by atoms with van der Waals surface area (Å²) in [4.78, 5) is 6.78. The number of hydrogen-bond acceptors (Lipinski definition) is 3. The minimum atomic E-state index is 0. The number of benzene rings is 1. The van der Waals surface area contributed by atoms with E-state index in [9.17, 15) is 0 Å². The van der Waals surface area contributed by atoms with Crippen LogP contribution in [-0.2, 0) is 6.54 Å². The highest BCUT2D eigenvalue weighted by Gasteiger charge is 2.22. The molecule has 0 amide bonds. The van der Waals surface area contributed by atoms with Crippen LogP contribution in [0.5, 0.6) is 5.75 Å². The molecule has 6 nitrogen and oxygen atoms in total. The first-order chi connectivity index (χ1) is 12.7. The number of aliphatic imine (C=N–C) groups is 1. The van der Waals surface area contributed by atoms with Crippen molar-refractivity contribution in [1.82, 2.24) is 20.0 Å². The quantitative estimate of drug-likeness (QED) is 0.390. The second-order valence-corrected chi connectivity index (χ2v) is 6.88. The number of piperidine rings is 1. The lowest BCUT2D eigenvalue weighted by Gasteiger charge is -2.34. The molecule has 0 spiro atoms. The van der Waals surface area contributed by atoms with Gasteiger partial charge in [0.25, 0.3) is 0 Å². The number of nitrogens with one attached hydrogen (secondary N) is 1. The summed E-state index contributed by atoms with van der Waals surface area (Å²) in [6.45, 7) is 5.94. The van der Waals surface area contributed by atoms with E-state index in [1.54, 1.807) is 0 Å². The summed E-state index contributed by atoms with van der Waals surface area (Å²) in [6, 6.07) is 12.0. The number of likely N-dealkylation sites (tertiary alicyclic amines) is 1. The maximum atomic E-state index is 6.08. The van der Waals surface area contributed by atoms with Gasteiger partial charge in [-0.1, -0.05) is 25.1 Å². The Morgan fingerprint density at radius 3 is 2.63 bits per heavy atom. The zero-order chi connectivity index (χ0) is 18.2. The first-order valence-corrected chi connectivity index (χ1v) is 9.39. The van der Waals surface area contributed by atoms with Crippen molar-refractivity contribution in [3.8, 4) is 5.75 Å². The van der Waals surface area contributed by atoms with Gasteiger partial charge in [-0.3, -0.25) is 9.67 Å². The topological polar surface area (TPSA) is 54.7 Å². The van der Waals surface area contributed by atoms with Crippen LogP contribution in [0.4, 0.5) is 0 Å². The van der Waals surface area contributed by atoms with E-state index in [1.165, 1.54) is 0 Å². The van der Waals surface area contributed by atoms with Gasteiger partial charge in [0.1, 0.15) is 11.9 Å². The Bertz CT molecular complexity index is 669. The predicted octanol–water partition coefficient (Wildman–Crippen LogP) is 3.26. The summed E-state index contributed by atoms with van der Waals surface area (Å²) in [5.74, 6) is 2.42. The van der Waals surface area contributed by atoms with Crippen LogP contribution in [0.1, 0.15) is 19.8 Å².